The fourth-order valence-corrected chi connectivity index (χ4v) is 1.56. The topological polar surface area (TPSA) is 15.3 Å². The summed E-state index contributed by atoms with van der Waals surface area (Å²) in [7, 11) is 3.42. The first kappa shape index (κ1) is 8.50. The molecule has 0 amide bonds. The van der Waals surface area contributed by atoms with Gasteiger partial charge in [-0.1, -0.05) is 0 Å². The third-order valence-electron chi connectivity index (χ3n) is 0.379. The second-order valence-electron chi connectivity index (χ2n) is 1.81. The van der Waals surface area contributed by atoms with Crippen molar-refractivity contribution in [1.82, 2.24) is 10.2 Å². The van der Waals surface area contributed by atoms with Crippen molar-refractivity contribution in [2.24, 2.45) is 0 Å². The van der Waals surface area contributed by atoms with Crippen LogP contribution in [0.4, 0.5) is 4.20 Å². The van der Waals surface area contributed by atoms with E-state index in [1.165, 1.54) is 11.7 Å². The number of nitrogens with one attached hydrogen (secondary N) is 1. The van der Waals surface area contributed by atoms with E-state index in [1.807, 2.05) is 0 Å². The molecule has 0 aromatic rings. The predicted octanol–water partition coefficient (Wildman–Crippen LogP) is 0.961. The lowest BCUT2D eigenvalue weighted by molar-refractivity contribution is 0.371. The van der Waals surface area contributed by atoms with Crippen molar-refractivity contribution in [3.63, 3.8) is 0 Å². The van der Waals surface area contributed by atoms with Crippen molar-refractivity contribution < 1.29 is 4.20 Å². The monoisotopic (exact) mass is 156 g/mol. The first-order chi connectivity index (χ1) is 3.42. The van der Waals surface area contributed by atoms with Gasteiger partial charge in [0.1, 0.15) is 0 Å². The van der Waals surface area contributed by atoms with E-state index < -0.39 is 6.50 Å². The Morgan fingerprint density at radius 3 is 2.00 bits per heavy atom. The molecule has 1 unspecified atom stereocenters. The molecule has 2 nitrogen and oxygen atoms in total. The predicted molar refractivity (Wildman–Crippen MR) is 38.1 cm³/mol. The molecule has 50 valence electrons. The van der Waals surface area contributed by atoms with E-state index in [9.17, 15) is 4.20 Å². The molecule has 0 bridgehead atoms. The Morgan fingerprint density at radius 2 is 2.00 bits per heavy atom. The molecule has 0 aliphatic rings. The molecule has 1 N–H and O–H groups in total. The van der Waals surface area contributed by atoms with Crippen LogP contribution in [-0.2, 0) is 11.8 Å². The Labute approximate surface area is 54.2 Å². The number of rotatable bonds is 2. The minimum Gasteiger partial charge on any atom is -0.244 e. The molecule has 5 heteroatoms. The zero-order valence-electron chi connectivity index (χ0n) is 5.18. The maximum atomic E-state index is 12.4. The van der Waals surface area contributed by atoms with Crippen molar-refractivity contribution >= 4 is 18.3 Å². The zero-order valence-corrected chi connectivity index (χ0v) is 6.89. The third kappa shape index (κ3) is 6.50. The van der Waals surface area contributed by atoms with Crippen molar-refractivity contribution in [3.05, 3.63) is 0 Å². The zero-order chi connectivity index (χ0) is 6.78. The molecular formula is C3H10FN2PS. The fraction of sp³-hybridized carbons (Fsp3) is 1.00. The summed E-state index contributed by atoms with van der Waals surface area (Å²) in [6.07, 6.45) is 0. The van der Waals surface area contributed by atoms with E-state index in [0.717, 1.165) is 0 Å². The number of hydrazine groups is 1. The van der Waals surface area contributed by atoms with E-state index >= 15 is 0 Å². The average molecular weight is 156 g/mol. The second kappa shape index (κ2) is 2.87. The maximum Gasteiger partial charge on any atom is 0.185 e. The Kier molecular flexibility index (Phi) is 3.05. The van der Waals surface area contributed by atoms with Crippen LogP contribution in [0, 0.1) is 0 Å². The molecule has 0 aliphatic carbocycles. The van der Waals surface area contributed by atoms with E-state index in [2.05, 4.69) is 17.0 Å². The molecule has 0 aliphatic heterocycles. The average Bonchev–Trinajstić information content (AvgIpc) is 1.21. The van der Waals surface area contributed by atoms with Crippen LogP contribution >= 0.6 is 6.50 Å². The summed E-state index contributed by atoms with van der Waals surface area (Å²) < 4.78 is 12.4. The molecule has 0 spiro atoms. The molecule has 0 saturated heterocycles. The molecule has 0 rings (SSSR count). The van der Waals surface area contributed by atoms with Crippen LogP contribution in [0.5, 0.6) is 0 Å². The Balaban J connectivity index is 3.56. The molecule has 0 aromatic heterocycles. The molecule has 0 fully saturated rings. The van der Waals surface area contributed by atoms with Crippen molar-refractivity contribution in [3.8, 4) is 0 Å². The van der Waals surface area contributed by atoms with E-state index in [4.69, 9.17) is 0 Å². The fourth-order valence-electron chi connectivity index (χ4n) is 0.357. The van der Waals surface area contributed by atoms with Crippen LogP contribution in [0.3, 0.4) is 0 Å². The van der Waals surface area contributed by atoms with Gasteiger partial charge in [-0.15, -0.1) is 0 Å². The van der Waals surface area contributed by atoms with Gasteiger partial charge < -0.3 is 0 Å². The van der Waals surface area contributed by atoms with Gasteiger partial charge in [0.05, 0.1) is 0 Å². The van der Waals surface area contributed by atoms with E-state index in [0.29, 0.717) is 0 Å². The Bertz CT molecular complexity index is 110. The van der Waals surface area contributed by atoms with Gasteiger partial charge in [0, 0.05) is 20.8 Å². The van der Waals surface area contributed by atoms with Gasteiger partial charge in [-0.25, -0.2) is 5.01 Å². The summed E-state index contributed by atoms with van der Waals surface area (Å²) in [5, 5.41) is 4.00. The molecule has 8 heavy (non-hydrogen) atoms. The summed E-state index contributed by atoms with van der Waals surface area (Å²) in [5.41, 5.74) is 0. The summed E-state index contributed by atoms with van der Waals surface area (Å²) >= 11 is 4.45. The van der Waals surface area contributed by atoms with Crippen LogP contribution in [0.25, 0.3) is 0 Å². The molecular weight excluding hydrogens is 146 g/mol. The smallest absolute Gasteiger partial charge is 0.185 e. The van der Waals surface area contributed by atoms with Crippen molar-refractivity contribution in [2.75, 3.05) is 20.8 Å². The van der Waals surface area contributed by atoms with Gasteiger partial charge in [-0.2, -0.15) is 9.39 Å². The highest BCUT2D eigenvalue weighted by atomic mass is 32.5. The van der Waals surface area contributed by atoms with Crippen LogP contribution < -0.4 is 5.20 Å². The van der Waals surface area contributed by atoms with Gasteiger partial charge in [0.25, 0.3) is 0 Å². The Morgan fingerprint density at radius 1 is 1.62 bits per heavy atom. The number of hydrogen-bond acceptors (Lipinski definition) is 2. The van der Waals surface area contributed by atoms with E-state index in [1.54, 1.807) is 14.1 Å². The van der Waals surface area contributed by atoms with Gasteiger partial charge in [0.15, 0.2) is 6.50 Å². The summed E-state index contributed by atoms with van der Waals surface area (Å²) in [4.78, 5) is 0. The molecule has 0 saturated carbocycles. The lowest BCUT2D eigenvalue weighted by Crippen LogP contribution is -2.25. The number of hydrogen-bond donors (Lipinski definition) is 1. The molecule has 1 atom stereocenters. The highest BCUT2D eigenvalue weighted by Gasteiger charge is 2.04. The normalized spacial score (nSPS) is 18.6. The van der Waals surface area contributed by atoms with Crippen molar-refractivity contribution in [2.45, 2.75) is 0 Å². The minimum absolute atomic E-state index is 1.39. The second-order valence-corrected chi connectivity index (χ2v) is 5.71. The molecule has 0 aromatic carbocycles. The summed E-state index contributed by atoms with van der Waals surface area (Å²) in [6, 6.07) is 0. The van der Waals surface area contributed by atoms with Crippen LogP contribution in [-0.4, -0.2) is 25.8 Å². The van der Waals surface area contributed by atoms with Crippen molar-refractivity contribution in [1.29, 1.82) is 0 Å². The number of halogens is 1. The van der Waals surface area contributed by atoms with Gasteiger partial charge in [0.2, 0.25) is 0 Å². The van der Waals surface area contributed by atoms with Crippen LogP contribution in [0.1, 0.15) is 0 Å². The quantitative estimate of drug-likeness (QED) is 0.473. The highest BCUT2D eigenvalue weighted by molar-refractivity contribution is 8.10. The van der Waals surface area contributed by atoms with Crippen LogP contribution in [0.15, 0.2) is 0 Å². The number of nitrogens with zero attached hydrogens (tertiary/aromatic N) is 1. The maximum absolute atomic E-state index is 12.4. The molecule has 0 radical (unpaired) electrons. The van der Waals surface area contributed by atoms with Gasteiger partial charge >= 0.3 is 0 Å². The lowest BCUT2D eigenvalue weighted by Gasteiger charge is -2.14. The third-order valence-corrected chi connectivity index (χ3v) is 1.38. The first-order valence-corrected chi connectivity index (χ1v) is 5.28. The van der Waals surface area contributed by atoms with Crippen LogP contribution in [0.2, 0.25) is 0 Å². The summed E-state index contributed by atoms with van der Waals surface area (Å²) in [6.45, 7) is -1.32. The van der Waals surface area contributed by atoms with Gasteiger partial charge in [-0.3, -0.25) is 0 Å². The lowest BCUT2D eigenvalue weighted by atomic mass is 11.2. The summed E-state index contributed by atoms with van der Waals surface area (Å²) in [5.74, 6) is 0. The largest absolute Gasteiger partial charge is 0.244 e. The standard InChI is InChI=1S/C3H10FN2PS/c1-6(2)5-7(3,4)8/h1-3H3,(H,5,8). The highest BCUT2D eigenvalue weighted by Crippen LogP contribution is 2.37. The molecule has 0 heterocycles. The SMILES string of the molecule is CN(C)NP(C)(F)=S. The Hall–Kier alpha value is 0.500. The van der Waals surface area contributed by atoms with Gasteiger partial charge in [-0.05, 0) is 11.8 Å². The minimum atomic E-state index is -2.71. The van der Waals surface area contributed by atoms with E-state index in [-0.39, 0.29) is 0 Å². The first-order valence-electron chi connectivity index (χ1n) is 2.14.